The molecular formula is C12H18N2O5. The summed E-state index contributed by atoms with van der Waals surface area (Å²) in [6, 6.07) is 0.187. The molecule has 7 heteroatoms. The third-order valence-corrected chi connectivity index (χ3v) is 2.57. The number of aliphatic carboxylic acids is 1. The molecule has 19 heavy (non-hydrogen) atoms. The van der Waals surface area contributed by atoms with E-state index in [0.29, 0.717) is 6.54 Å². The number of nitrogens with one attached hydrogen (secondary N) is 1. The third-order valence-electron chi connectivity index (χ3n) is 2.57. The van der Waals surface area contributed by atoms with Crippen molar-refractivity contribution in [3.05, 3.63) is 12.0 Å². The van der Waals surface area contributed by atoms with Gasteiger partial charge < -0.3 is 19.6 Å². The molecule has 0 aliphatic rings. The van der Waals surface area contributed by atoms with Crippen molar-refractivity contribution in [3.63, 3.8) is 0 Å². The topological polar surface area (TPSA) is 102 Å². The molecule has 1 aromatic rings. The Balaban J connectivity index is 2.49. The molecule has 1 heterocycles. The molecule has 1 rings (SSSR count). The van der Waals surface area contributed by atoms with Crippen LogP contribution in [0.2, 0.25) is 0 Å². The molecule has 0 bridgehead atoms. The zero-order chi connectivity index (χ0) is 14.3. The first-order valence-electron chi connectivity index (χ1n) is 6.15. The Hall–Kier alpha value is -2.05. The summed E-state index contributed by atoms with van der Waals surface area (Å²) in [6.07, 6.45) is 2.01. The average molecular weight is 270 g/mol. The van der Waals surface area contributed by atoms with E-state index in [0.717, 1.165) is 6.42 Å². The van der Waals surface area contributed by atoms with Gasteiger partial charge in [0.2, 0.25) is 0 Å². The molecule has 0 fully saturated rings. The van der Waals surface area contributed by atoms with Gasteiger partial charge in [0.1, 0.15) is 6.26 Å². The van der Waals surface area contributed by atoms with Crippen molar-refractivity contribution in [2.45, 2.75) is 26.7 Å². The zero-order valence-corrected chi connectivity index (χ0v) is 11.0. The molecular weight excluding hydrogens is 252 g/mol. The zero-order valence-electron chi connectivity index (χ0n) is 11.0. The summed E-state index contributed by atoms with van der Waals surface area (Å²) in [6.45, 7) is 4.31. The number of carbonyl (C=O) groups is 2. The van der Waals surface area contributed by atoms with Gasteiger partial charge in [0, 0.05) is 13.0 Å². The first-order valence-corrected chi connectivity index (χ1v) is 6.15. The summed E-state index contributed by atoms with van der Waals surface area (Å²) in [7, 11) is 0. The predicted molar refractivity (Wildman–Crippen MR) is 67.0 cm³/mol. The highest BCUT2D eigenvalue weighted by molar-refractivity contribution is 5.87. The van der Waals surface area contributed by atoms with Crippen LogP contribution in [0.25, 0.3) is 0 Å². The molecule has 0 saturated heterocycles. The molecule has 0 aliphatic carbocycles. The second kappa shape index (κ2) is 7.40. The van der Waals surface area contributed by atoms with E-state index in [1.54, 1.807) is 6.92 Å². The highest BCUT2D eigenvalue weighted by Gasteiger charge is 2.15. The minimum atomic E-state index is -0.840. The highest BCUT2D eigenvalue weighted by atomic mass is 16.5. The fourth-order valence-electron chi connectivity index (χ4n) is 1.49. The maximum absolute atomic E-state index is 11.3. The van der Waals surface area contributed by atoms with Gasteiger partial charge in [-0.1, -0.05) is 13.3 Å². The summed E-state index contributed by atoms with van der Waals surface area (Å²) in [5.74, 6) is -1.40. The van der Waals surface area contributed by atoms with Crippen LogP contribution in [-0.4, -0.2) is 35.2 Å². The maximum atomic E-state index is 11.3. The first kappa shape index (κ1) is 15.0. The van der Waals surface area contributed by atoms with Crippen LogP contribution in [0.5, 0.6) is 0 Å². The lowest BCUT2D eigenvalue weighted by Crippen LogP contribution is -2.17. The van der Waals surface area contributed by atoms with E-state index in [4.69, 9.17) is 14.3 Å². The van der Waals surface area contributed by atoms with E-state index in [-0.39, 0.29) is 30.7 Å². The van der Waals surface area contributed by atoms with Gasteiger partial charge in [-0.15, -0.1) is 0 Å². The lowest BCUT2D eigenvalue weighted by atomic mass is 10.0. The first-order chi connectivity index (χ1) is 9.06. The summed E-state index contributed by atoms with van der Waals surface area (Å²) in [5.41, 5.74) is 0.0932. The number of aromatic nitrogens is 1. The average Bonchev–Trinajstić information content (AvgIpc) is 2.83. The van der Waals surface area contributed by atoms with Crippen molar-refractivity contribution >= 4 is 18.0 Å². The Morgan fingerprint density at radius 3 is 2.84 bits per heavy atom. The van der Waals surface area contributed by atoms with Crippen molar-refractivity contribution in [1.82, 2.24) is 4.98 Å². The van der Waals surface area contributed by atoms with Gasteiger partial charge in [-0.3, -0.25) is 4.79 Å². The molecule has 1 unspecified atom stereocenters. The van der Waals surface area contributed by atoms with E-state index in [9.17, 15) is 9.59 Å². The summed E-state index contributed by atoms with van der Waals surface area (Å²) >= 11 is 0. The summed E-state index contributed by atoms with van der Waals surface area (Å²) in [5, 5.41) is 11.6. The lowest BCUT2D eigenvalue weighted by molar-refractivity contribution is -0.138. The van der Waals surface area contributed by atoms with Crippen LogP contribution in [0.1, 0.15) is 37.2 Å². The number of carbonyl (C=O) groups excluding carboxylic acids is 1. The Bertz CT molecular complexity index is 430. The minimum Gasteiger partial charge on any atom is -0.481 e. The van der Waals surface area contributed by atoms with Crippen LogP contribution in [0.4, 0.5) is 6.01 Å². The molecule has 1 atom stereocenters. The van der Waals surface area contributed by atoms with Crippen LogP contribution >= 0.6 is 0 Å². The van der Waals surface area contributed by atoms with Gasteiger partial charge in [0.15, 0.2) is 5.69 Å². The fourth-order valence-corrected chi connectivity index (χ4v) is 1.49. The SMILES string of the molecule is CCOC(=O)c1coc(NCC(CC)CC(=O)O)n1. The van der Waals surface area contributed by atoms with E-state index in [1.165, 1.54) is 6.26 Å². The molecule has 0 spiro atoms. The lowest BCUT2D eigenvalue weighted by Gasteiger charge is -2.11. The Morgan fingerprint density at radius 1 is 1.53 bits per heavy atom. The Morgan fingerprint density at radius 2 is 2.26 bits per heavy atom. The van der Waals surface area contributed by atoms with Gasteiger partial charge in [-0.25, -0.2) is 4.79 Å². The Labute approximate surface area is 111 Å². The number of rotatable bonds is 8. The number of carboxylic acid groups (broad SMARTS) is 1. The molecule has 0 saturated carbocycles. The minimum absolute atomic E-state index is 0.0181. The molecule has 0 amide bonds. The predicted octanol–water partition coefficient (Wildman–Crippen LogP) is 1.76. The van der Waals surface area contributed by atoms with Crippen molar-refractivity contribution in [2.24, 2.45) is 5.92 Å². The van der Waals surface area contributed by atoms with Gasteiger partial charge >= 0.3 is 11.9 Å². The number of hydrogen-bond donors (Lipinski definition) is 2. The van der Waals surface area contributed by atoms with Crippen LogP contribution < -0.4 is 5.32 Å². The smallest absolute Gasteiger partial charge is 0.360 e. The molecule has 0 radical (unpaired) electrons. The van der Waals surface area contributed by atoms with E-state index < -0.39 is 11.9 Å². The van der Waals surface area contributed by atoms with Crippen LogP contribution in [0.15, 0.2) is 10.7 Å². The van der Waals surface area contributed by atoms with Crippen molar-refractivity contribution in [2.75, 3.05) is 18.5 Å². The normalized spacial score (nSPS) is 11.9. The number of hydrogen-bond acceptors (Lipinski definition) is 6. The van der Waals surface area contributed by atoms with Gasteiger partial charge in [-0.05, 0) is 12.8 Å². The molecule has 106 valence electrons. The fraction of sp³-hybridized carbons (Fsp3) is 0.583. The number of esters is 1. The second-order valence-corrected chi connectivity index (χ2v) is 4.01. The molecule has 1 aromatic heterocycles. The maximum Gasteiger partial charge on any atom is 0.360 e. The second-order valence-electron chi connectivity index (χ2n) is 4.01. The quantitative estimate of drug-likeness (QED) is 0.694. The largest absolute Gasteiger partial charge is 0.481 e. The van der Waals surface area contributed by atoms with Gasteiger partial charge in [0.05, 0.1) is 6.61 Å². The molecule has 7 nitrogen and oxygen atoms in total. The Kier molecular flexibility index (Phi) is 5.84. The monoisotopic (exact) mass is 270 g/mol. The van der Waals surface area contributed by atoms with Crippen LogP contribution in [-0.2, 0) is 9.53 Å². The summed E-state index contributed by atoms with van der Waals surface area (Å²) in [4.78, 5) is 25.9. The van der Waals surface area contributed by atoms with Gasteiger partial charge in [-0.2, -0.15) is 4.98 Å². The standard InChI is InChI=1S/C12H18N2O5/c1-3-8(5-10(15)16)6-13-12-14-9(7-19-12)11(17)18-4-2/h7-8H,3-6H2,1-2H3,(H,13,14)(H,15,16). The molecule has 2 N–H and O–H groups in total. The number of anilines is 1. The molecule has 0 aliphatic heterocycles. The third kappa shape index (κ3) is 4.99. The van der Waals surface area contributed by atoms with E-state index in [1.807, 2.05) is 6.92 Å². The number of oxazole rings is 1. The van der Waals surface area contributed by atoms with Gasteiger partial charge in [0.25, 0.3) is 6.01 Å². The molecule has 0 aromatic carbocycles. The van der Waals surface area contributed by atoms with Crippen LogP contribution in [0, 0.1) is 5.92 Å². The summed E-state index contributed by atoms with van der Waals surface area (Å²) < 4.78 is 9.84. The van der Waals surface area contributed by atoms with E-state index in [2.05, 4.69) is 10.3 Å². The number of carboxylic acids is 1. The van der Waals surface area contributed by atoms with Crippen LogP contribution in [0.3, 0.4) is 0 Å². The van der Waals surface area contributed by atoms with Crippen molar-refractivity contribution in [1.29, 1.82) is 0 Å². The van der Waals surface area contributed by atoms with Crippen molar-refractivity contribution < 1.29 is 23.8 Å². The number of nitrogens with zero attached hydrogens (tertiary/aromatic N) is 1. The van der Waals surface area contributed by atoms with Crippen molar-refractivity contribution in [3.8, 4) is 0 Å². The van der Waals surface area contributed by atoms with E-state index >= 15 is 0 Å². The number of ether oxygens (including phenoxy) is 1. The highest BCUT2D eigenvalue weighted by Crippen LogP contribution is 2.12.